The van der Waals surface area contributed by atoms with Gasteiger partial charge in [-0.25, -0.2) is 0 Å². The van der Waals surface area contributed by atoms with E-state index in [0.717, 1.165) is 12.6 Å². The average molecular weight is 260 g/mol. The lowest BCUT2D eigenvalue weighted by molar-refractivity contribution is 0.290. The molecule has 1 unspecified atom stereocenters. The molecule has 19 heavy (non-hydrogen) atoms. The SMILES string of the molecule is Cc1ccccc1CCN(C)CCC1CCCCN1. The molecule has 1 aliphatic rings. The highest BCUT2D eigenvalue weighted by Gasteiger charge is 2.12. The van der Waals surface area contributed by atoms with E-state index >= 15 is 0 Å². The number of benzene rings is 1. The molecule has 2 rings (SSSR count). The van der Waals surface area contributed by atoms with Crippen LogP contribution in [0.3, 0.4) is 0 Å². The van der Waals surface area contributed by atoms with Gasteiger partial charge < -0.3 is 10.2 Å². The van der Waals surface area contributed by atoms with E-state index in [4.69, 9.17) is 0 Å². The van der Waals surface area contributed by atoms with Crippen LogP contribution in [0.25, 0.3) is 0 Å². The van der Waals surface area contributed by atoms with Gasteiger partial charge in [-0.2, -0.15) is 0 Å². The molecule has 1 fully saturated rings. The summed E-state index contributed by atoms with van der Waals surface area (Å²) in [5, 5.41) is 3.63. The molecule has 1 atom stereocenters. The molecule has 2 nitrogen and oxygen atoms in total. The minimum atomic E-state index is 0.759. The van der Waals surface area contributed by atoms with Gasteiger partial charge in [0.1, 0.15) is 0 Å². The van der Waals surface area contributed by atoms with Crippen molar-refractivity contribution in [2.24, 2.45) is 0 Å². The van der Waals surface area contributed by atoms with Crippen LogP contribution in [-0.2, 0) is 6.42 Å². The molecule has 2 heteroatoms. The maximum atomic E-state index is 3.63. The van der Waals surface area contributed by atoms with Gasteiger partial charge in [0.15, 0.2) is 0 Å². The zero-order chi connectivity index (χ0) is 13.5. The first-order valence-corrected chi connectivity index (χ1v) is 7.72. The van der Waals surface area contributed by atoms with Gasteiger partial charge in [0.2, 0.25) is 0 Å². The van der Waals surface area contributed by atoms with Crippen LogP contribution in [0.15, 0.2) is 24.3 Å². The molecule has 1 saturated heterocycles. The van der Waals surface area contributed by atoms with Crippen LogP contribution in [0.2, 0.25) is 0 Å². The average Bonchev–Trinajstić information content (AvgIpc) is 2.45. The molecule has 0 radical (unpaired) electrons. The highest BCUT2D eigenvalue weighted by atomic mass is 15.1. The molecule has 0 aromatic heterocycles. The quantitative estimate of drug-likeness (QED) is 0.846. The number of nitrogens with one attached hydrogen (secondary N) is 1. The number of piperidine rings is 1. The van der Waals surface area contributed by atoms with Gasteiger partial charge in [0.05, 0.1) is 0 Å². The smallest absolute Gasteiger partial charge is 0.00792 e. The zero-order valence-corrected chi connectivity index (χ0v) is 12.5. The summed E-state index contributed by atoms with van der Waals surface area (Å²) in [6, 6.07) is 9.49. The molecule has 1 aliphatic heterocycles. The predicted molar refractivity (Wildman–Crippen MR) is 82.6 cm³/mol. The van der Waals surface area contributed by atoms with Crippen molar-refractivity contribution in [3.05, 3.63) is 35.4 Å². The van der Waals surface area contributed by atoms with Gasteiger partial charge in [-0.05, 0) is 63.9 Å². The highest BCUT2D eigenvalue weighted by Crippen LogP contribution is 2.11. The second kappa shape index (κ2) is 7.66. The number of nitrogens with zero attached hydrogens (tertiary/aromatic N) is 1. The maximum Gasteiger partial charge on any atom is 0.00792 e. The van der Waals surface area contributed by atoms with E-state index in [1.54, 1.807) is 0 Å². The van der Waals surface area contributed by atoms with E-state index in [0.29, 0.717) is 0 Å². The van der Waals surface area contributed by atoms with Crippen LogP contribution in [0.4, 0.5) is 0 Å². The number of aryl methyl sites for hydroxylation is 1. The van der Waals surface area contributed by atoms with Gasteiger partial charge in [-0.3, -0.25) is 0 Å². The molecule has 0 aliphatic carbocycles. The summed E-state index contributed by atoms with van der Waals surface area (Å²) in [6.45, 7) is 5.81. The first-order valence-electron chi connectivity index (χ1n) is 7.72. The topological polar surface area (TPSA) is 15.3 Å². The van der Waals surface area contributed by atoms with E-state index in [9.17, 15) is 0 Å². The van der Waals surface area contributed by atoms with Crippen molar-refractivity contribution in [1.82, 2.24) is 10.2 Å². The highest BCUT2D eigenvalue weighted by molar-refractivity contribution is 5.25. The summed E-state index contributed by atoms with van der Waals surface area (Å²) in [5.41, 5.74) is 2.91. The lowest BCUT2D eigenvalue weighted by atomic mass is 10.0. The number of rotatable bonds is 6. The Bertz CT molecular complexity index is 369. The van der Waals surface area contributed by atoms with Gasteiger partial charge in [-0.15, -0.1) is 0 Å². The fourth-order valence-electron chi connectivity index (χ4n) is 2.86. The molecule has 106 valence electrons. The van der Waals surface area contributed by atoms with Crippen molar-refractivity contribution in [3.8, 4) is 0 Å². The summed E-state index contributed by atoms with van der Waals surface area (Å²) in [4.78, 5) is 2.47. The molecule has 1 aromatic carbocycles. The van der Waals surface area contributed by atoms with E-state index in [1.165, 1.54) is 56.3 Å². The summed E-state index contributed by atoms with van der Waals surface area (Å²) >= 11 is 0. The molecule has 0 spiro atoms. The minimum absolute atomic E-state index is 0.759. The molecular weight excluding hydrogens is 232 g/mol. The Balaban J connectivity index is 1.66. The van der Waals surface area contributed by atoms with Crippen molar-refractivity contribution in [2.75, 3.05) is 26.7 Å². The van der Waals surface area contributed by atoms with Crippen molar-refractivity contribution < 1.29 is 0 Å². The van der Waals surface area contributed by atoms with E-state index < -0.39 is 0 Å². The fraction of sp³-hybridized carbons (Fsp3) is 0.647. The fourth-order valence-corrected chi connectivity index (χ4v) is 2.86. The van der Waals surface area contributed by atoms with Gasteiger partial charge in [0.25, 0.3) is 0 Å². The third kappa shape index (κ3) is 4.96. The Labute approximate surface area is 118 Å². The Kier molecular flexibility index (Phi) is 5.87. The lowest BCUT2D eigenvalue weighted by Crippen LogP contribution is -2.37. The molecule has 1 N–H and O–H groups in total. The lowest BCUT2D eigenvalue weighted by Gasteiger charge is -2.26. The van der Waals surface area contributed by atoms with Crippen LogP contribution in [0, 0.1) is 6.92 Å². The van der Waals surface area contributed by atoms with Crippen LogP contribution < -0.4 is 5.32 Å². The minimum Gasteiger partial charge on any atom is -0.314 e. The Morgan fingerprint density at radius 1 is 1.21 bits per heavy atom. The monoisotopic (exact) mass is 260 g/mol. The van der Waals surface area contributed by atoms with Crippen LogP contribution in [0.1, 0.15) is 36.8 Å². The van der Waals surface area contributed by atoms with E-state index in [2.05, 4.69) is 48.5 Å². The molecular formula is C17H28N2. The van der Waals surface area contributed by atoms with E-state index in [1.807, 2.05) is 0 Å². The Hall–Kier alpha value is -0.860. The van der Waals surface area contributed by atoms with Crippen molar-refractivity contribution in [3.63, 3.8) is 0 Å². The van der Waals surface area contributed by atoms with Crippen LogP contribution >= 0.6 is 0 Å². The summed E-state index contributed by atoms with van der Waals surface area (Å²) in [5.74, 6) is 0. The second-order valence-corrected chi connectivity index (χ2v) is 5.92. The van der Waals surface area contributed by atoms with Crippen LogP contribution in [0.5, 0.6) is 0 Å². The third-order valence-electron chi connectivity index (χ3n) is 4.30. The van der Waals surface area contributed by atoms with E-state index in [-0.39, 0.29) is 0 Å². The largest absolute Gasteiger partial charge is 0.314 e. The molecule has 0 amide bonds. The predicted octanol–water partition coefficient (Wildman–Crippen LogP) is 3.00. The second-order valence-electron chi connectivity index (χ2n) is 5.92. The third-order valence-corrected chi connectivity index (χ3v) is 4.30. The number of likely N-dealkylation sites (N-methyl/N-ethyl adjacent to an activating group) is 1. The standard InChI is InChI=1S/C17H28N2/c1-15-7-3-4-8-16(15)10-13-19(2)14-11-17-9-5-6-12-18-17/h3-4,7-8,17-18H,5-6,9-14H2,1-2H3. The summed E-state index contributed by atoms with van der Waals surface area (Å²) in [7, 11) is 2.25. The van der Waals surface area contributed by atoms with Crippen molar-refractivity contribution >= 4 is 0 Å². The molecule has 0 bridgehead atoms. The maximum absolute atomic E-state index is 3.63. The van der Waals surface area contributed by atoms with Crippen molar-refractivity contribution in [1.29, 1.82) is 0 Å². The normalized spacial score (nSPS) is 19.8. The summed E-state index contributed by atoms with van der Waals surface area (Å²) < 4.78 is 0. The molecule has 0 saturated carbocycles. The first-order chi connectivity index (χ1) is 9.25. The Morgan fingerprint density at radius 3 is 2.79 bits per heavy atom. The van der Waals surface area contributed by atoms with Gasteiger partial charge >= 0.3 is 0 Å². The molecule has 1 aromatic rings. The number of hydrogen-bond acceptors (Lipinski definition) is 2. The van der Waals surface area contributed by atoms with Crippen molar-refractivity contribution in [2.45, 2.75) is 45.1 Å². The Morgan fingerprint density at radius 2 is 2.05 bits per heavy atom. The molecule has 1 heterocycles. The van der Waals surface area contributed by atoms with Gasteiger partial charge in [0, 0.05) is 12.6 Å². The van der Waals surface area contributed by atoms with Gasteiger partial charge in [-0.1, -0.05) is 30.7 Å². The number of hydrogen-bond donors (Lipinski definition) is 1. The summed E-state index contributed by atoms with van der Waals surface area (Å²) in [6.07, 6.45) is 6.60. The van der Waals surface area contributed by atoms with Crippen LogP contribution in [-0.4, -0.2) is 37.6 Å². The zero-order valence-electron chi connectivity index (χ0n) is 12.5. The first kappa shape index (κ1) is 14.5.